The summed E-state index contributed by atoms with van der Waals surface area (Å²) in [4.78, 5) is 0. The lowest BCUT2D eigenvalue weighted by atomic mass is 10.0. The summed E-state index contributed by atoms with van der Waals surface area (Å²) < 4.78 is 0. The van der Waals surface area contributed by atoms with Crippen molar-refractivity contribution in [1.82, 2.24) is 5.32 Å². The molecule has 2 nitrogen and oxygen atoms in total. The third-order valence-corrected chi connectivity index (χ3v) is 1.84. The van der Waals surface area contributed by atoms with E-state index in [1.165, 1.54) is 6.42 Å². The summed E-state index contributed by atoms with van der Waals surface area (Å²) in [5.74, 6) is 0.731. The van der Waals surface area contributed by atoms with Crippen LogP contribution in [0.15, 0.2) is 0 Å². The summed E-state index contributed by atoms with van der Waals surface area (Å²) in [7, 11) is 0. The summed E-state index contributed by atoms with van der Waals surface area (Å²) in [5, 5.41) is 3.27. The largest absolute Gasteiger partial charge is 0.328 e. The predicted molar refractivity (Wildman–Crippen MR) is 34.6 cm³/mol. The minimum atomic E-state index is 0.380. The Morgan fingerprint density at radius 2 is 2.50 bits per heavy atom. The van der Waals surface area contributed by atoms with Gasteiger partial charge in [0.15, 0.2) is 0 Å². The molecule has 0 saturated carbocycles. The van der Waals surface area contributed by atoms with Gasteiger partial charge in [-0.3, -0.25) is 0 Å². The fourth-order valence-corrected chi connectivity index (χ4v) is 1.13. The normalized spacial score (nSPS) is 33.0. The summed E-state index contributed by atoms with van der Waals surface area (Å²) in [5.41, 5.74) is 5.66. The topological polar surface area (TPSA) is 38.0 Å². The van der Waals surface area contributed by atoms with Crippen molar-refractivity contribution in [3.63, 3.8) is 0 Å². The second kappa shape index (κ2) is 2.46. The molecular weight excluding hydrogens is 100 g/mol. The van der Waals surface area contributed by atoms with Gasteiger partial charge in [0.25, 0.3) is 0 Å². The molecule has 0 aromatic heterocycles. The van der Waals surface area contributed by atoms with Gasteiger partial charge in [-0.2, -0.15) is 0 Å². The van der Waals surface area contributed by atoms with E-state index < -0.39 is 0 Å². The molecule has 8 heavy (non-hydrogen) atoms. The molecule has 48 valence electrons. The molecule has 0 radical (unpaired) electrons. The molecule has 1 aliphatic rings. The first-order valence-corrected chi connectivity index (χ1v) is 3.27. The van der Waals surface area contributed by atoms with Crippen LogP contribution in [0.4, 0.5) is 0 Å². The van der Waals surface area contributed by atoms with E-state index >= 15 is 0 Å². The molecular formula is C6H14N2. The van der Waals surface area contributed by atoms with Crippen molar-refractivity contribution in [3.05, 3.63) is 0 Å². The highest BCUT2D eigenvalue weighted by molar-refractivity contribution is 4.77. The van der Waals surface area contributed by atoms with Crippen molar-refractivity contribution in [1.29, 1.82) is 0 Å². The van der Waals surface area contributed by atoms with E-state index in [2.05, 4.69) is 12.2 Å². The van der Waals surface area contributed by atoms with Crippen LogP contribution >= 0.6 is 0 Å². The quantitative estimate of drug-likeness (QED) is 0.501. The molecule has 3 N–H and O–H groups in total. The van der Waals surface area contributed by atoms with Crippen molar-refractivity contribution < 1.29 is 0 Å². The highest BCUT2D eigenvalue weighted by Gasteiger charge is 2.17. The van der Waals surface area contributed by atoms with Crippen LogP contribution in [0.3, 0.4) is 0 Å². The van der Waals surface area contributed by atoms with Crippen LogP contribution in [-0.4, -0.2) is 19.1 Å². The molecule has 0 aromatic rings. The van der Waals surface area contributed by atoms with Crippen molar-refractivity contribution in [2.75, 3.05) is 13.1 Å². The lowest BCUT2D eigenvalue weighted by Crippen LogP contribution is -2.27. The molecule has 2 atom stereocenters. The van der Waals surface area contributed by atoms with Crippen LogP contribution in [0.2, 0.25) is 0 Å². The molecule has 0 bridgehead atoms. The Hall–Kier alpha value is -0.0800. The van der Waals surface area contributed by atoms with Crippen LogP contribution in [0.5, 0.6) is 0 Å². The molecule has 0 aromatic carbocycles. The Kier molecular flexibility index (Phi) is 1.86. The van der Waals surface area contributed by atoms with Gasteiger partial charge in [0.2, 0.25) is 0 Å². The van der Waals surface area contributed by atoms with Crippen LogP contribution < -0.4 is 11.1 Å². The number of hydrogen-bond acceptors (Lipinski definition) is 2. The maximum Gasteiger partial charge on any atom is 0.00513 e. The standard InChI is InChI=1S/C6H14N2/c1-5(7)6-2-3-8-4-6/h5-6,8H,2-4,7H2,1H3/t5-,6+/m1/s1. The first-order valence-electron chi connectivity index (χ1n) is 3.27. The molecule has 0 unspecified atom stereocenters. The summed E-state index contributed by atoms with van der Waals surface area (Å²) in [6.07, 6.45) is 1.26. The molecule has 0 aliphatic carbocycles. The third-order valence-electron chi connectivity index (χ3n) is 1.84. The van der Waals surface area contributed by atoms with Crippen LogP contribution in [0.1, 0.15) is 13.3 Å². The molecule has 1 saturated heterocycles. The molecule has 1 rings (SSSR count). The fourth-order valence-electron chi connectivity index (χ4n) is 1.13. The Balaban J connectivity index is 2.24. The Labute approximate surface area is 50.4 Å². The molecule has 0 spiro atoms. The third kappa shape index (κ3) is 1.20. The number of nitrogens with two attached hydrogens (primary N) is 1. The second-order valence-corrected chi connectivity index (χ2v) is 2.61. The highest BCUT2D eigenvalue weighted by Crippen LogP contribution is 2.09. The Bertz CT molecular complexity index is 64.9. The summed E-state index contributed by atoms with van der Waals surface area (Å²) >= 11 is 0. The average Bonchev–Trinajstić information content (AvgIpc) is 2.12. The molecule has 0 amide bonds. The van der Waals surface area contributed by atoms with Gasteiger partial charge in [-0.15, -0.1) is 0 Å². The predicted octanol–water partition coefficient (Wildman–Crippen LogP) is -0.0569. The number of rotatable bonds is 1. The van der Waals surface area contributed by atoms with E-state index in [4.69, 9.17) is 5.73 Å². The second-order valence-electron chi connectivity index (χ2n) is 2.61. The maximum atomic E-state index is 5.66. The minimum Gasteiger partial charge on any atom is -0.328 e. The maximum absolute atomic E-state index is 5.66. The molecule has 2 heteroatoms. The summed E-state index contributed by atoms with van der Waals surface area (Å²) in [6.45, 7) is 4.36. The number of hydrogen-bond donors (Lipinski definition) is 2. The molecule has 1 heterocycles. The summed E-state index contributed by atoms with van der Waals surface area (Å²) in [6, 6.07) is 0.380. The lowest BCUT2D eigenvalue weighted by Gasteiger charge is -2.10. The zero-order chi connectivity index (χ0) is 5.98. The van der Waals surface area contributed by atoms with E-state index in [-0.39, 0.29) is 0 Å². The smallest absolute Gasteiger partial charge is 0.00513 e. The lowest BCUT2D eigenvalue weighted by molar-refractivity contribution is 0.484. The molecule has 1 aliphatic heterocycles. The zero-order valence-electron chi connectivity index (χ0n) is 5.35. The van der Waals surface area contributed by atoms with Gasteiger partial charge >= 0.3 is 0 Å². The SMILES string of the molecule is C[C@@H](N)[C@H]1CCNC1. The van der Waals surface area contributed by atoms with Gasteiger partial charge in [0.05, 0.1) is 0 Å². The van der Waals surface area contributed by atoms with Crippen LogP contribution in [0, 0.1) is 5.92 Å². The fraction of sp³-hybridized carbons (Fsp3) is 1.00. The van der Waals surface area contributed by atoms with Crippen LogP contribution in [-0.2, 0) is 0 Å². The minimum absolute atomic E-state index is 0.380. The highest BCUT2D eigenvalue weighted by atomic mass is 14.9. The average molecular weight is 114 g/mol. The Morgan fingerprint density at radius 1 is 1.75 bits per heavy atom. The van der Waals surface area contributed by atoms with Gasteiger partial charge in [-0.1, -0.05) is 0 Å². The van der Waals surface area contributed by atoms with Crippen molar-refractivity contribution >= 4 is 0 Å². The monoisotopic (exact) mass is 114 g/mol. The van der Waals surface area contributed by atoms with E-state index in [1.54, 1.807) is 0 Å². The van der Waals surface area contributed by atoms with Gasteiger partial charge in [0, 0.05) is 6.04 Å². The van der Waals surface area contributed by atoms with E-state index in [9.17, 15) is 0 Å². The van der Waals surface area contributed by atoms with Gasteiger partial charge in [-0.05, 0) is 32.4 Å². The van der Waals surface area contributed by atoms with Crippen molar-refractivity contribution in [2.24, 2.45) is 11.7 Å². The first kappa shape index (κ1) is 6.05. The van der Waals surface area contributed by atoms with Crippen molar-refractivity contribution in [3.8, 4) is 0 Å². The Morgan fingerprint density at radius 3 is 2.75 bits per heavy atom. The van der Waals surface area contributed by atoms with Crippen molar-refractivity contribution in [2.45, 2.75) is 19.4 Å². The van der Waals surface area contributed by atoms with Gasteiger partial charge in [0.1, 0.15) is 0 Å². The van der Waals surface area contributed by atoms with Gasteiger partial charge < -0.3 is 11.1 Å². The van der Waals surface area contributed by atoms with E-state index in [0.717, 1.165) is 19.0 Å². The molecule has 1 fully saturated rings. The van der Waals surface area contributed by atoms with Gasteiger partial charge in [-0.25, -0.2) is 0 Å². The first-order chi connectivity index (χ1) is 3.80. The van der Waals surface area contributed by atoms with E-state index in [1.807, 2.05) is 0 Å². The van der Waals surface area contributed by atoms with Crippen LogP contribution in [0.25, 0.3) is 0 Å². The van der Waals surface area contributed by atoms with E-state index in [0.29, 0.717) is 6.04 Å². The zero-order valence-corrected chi connectivity index (χ0v) is 5.35. The number of nitrogens with one attached hydrogen (secondary N) is 1.